The summed E-state index contributed by atoms with van der Waals surface area (Å²) < 4.78 is 10.7. The number of nitrogens with one attached hydrogen (secondary N) is 2. The molecule has 0 aliphatic carbocycles. The molecule has 0 aliphatic rings. The van der Waals surface area contributed by atoms with E-state index in [0.717, 1.165) is 42.5 Å². The lowest BCUT2D eigenvalue weighted by molar-refractivity contribution is 0.411. The topological polar surface area (TPSA) is 58.8 Å². The van der Waals surface area contributed by atoms with Crippen LogP contribution in [0.25, 0.3) is 0 Å². The van der Waals surface area contributed by atoms with Gasteiger partial charge < -0.3 is 19.8 Å². The molecule has 5 nitrogen and oxygen atoms in total. The van der Waals surface area contributed by atoms with E-state index >= 15 is 0 Å². The van der Waals surface area contributed by atoms with E-state index in [-0.39, 0.29) is 0 Å². The van der Waals surface area contributed by atoms with Gasteiger partial charge in [-0.25, -0.2) is 4.99 Å². The number of ether oxygens (including phenoxy) is 1. The molecule has 2 N–H and O–H groups in total. The van der Waals surface area contributed by atoms with E-state index in [0.29, 0.717) is 6.54 Å². The van der Waals surface area contributed by atoms with Crippen LogP contribution in [0.3, 0.4) is 0 Å². The number of rotatable bonds is 7. The molecule has 124 valence electrons. The fraction of sp³-hybridized carbons (Fsp3) is 0.389. The summed E-state index contributed by atoms with van der Waals surface area (Å²) in [6.45, 7) is 6.25. The normalized spacial score (nSPS) is 11.3. The first kappa shape index (κ1) is 16.9. The van der Waals surface area contributed by atoms with E-state index in [1.54, 1.807) is 13.4 Å². The Balaban J connectivity index is 1.87. The van der Waals surface area contributed by atoms with E-state index in [2.05, 4.69) is 40.7 Å². The third-order valence-corrected chi connectivity index (χ3v) is 3.50. The van der Waals surface area contributed by atoms with Crippen molar-refractivity contribution in [2.45, 2.75) is 26.8 Å². The zero-order valence-corrected chi connectivity index (χ0v) is 14.1. The standard InChI is InChI=1S/C18H25N3O2/c1-4-19-18(21-13-16-6-5-11-23-16)20-10-9-15-8-7-14(2)17(12-15)22-3/h5-8,11-12H,4,9-10,13H2,1-3H3,(H2,19,20,21). The molecule has 0 fully saturated rings. The highest BCUT2D eigenvalue weighted by Gasteiger charge is 2.02. The van der Waals surface area contributed by atoms with E-state index in [1.165, 1.54) is 5.56 Å². The van der Waals surface area contributed by atoms with Crippen LogP contribution in [0.4, 0.5) is 0 Å². The van der Waals surface area contributed by atoms with Crippen molar-refractivity contribution < 1.29 is 9.15 Å². The Hall–Kier alpha value is -2.43. The number of hydrogen-bond donors (Lipinski definition) is 2. The maximum Gasteiger partial charge on any atom is 0.191 e. The summed E-state index contributed by atoms with van der Waals surface area (Å²) in [5.41, 5.74) is 2.39. The van der Waals surface area contributed by atoms with Gasteiger partial charge in [-0.1, -0.05) is 12.1 Å². The Bertz CT molecular complexity index is 621. The summed E-state index contributed by atoms with van der Waals surface area (Å²) in [5.74, 6) is 2.58. The van der Waals surface area contributed by atoms with Gasteiger partial charge in [0, 0.05) is 13.1 Å². The van der Waals surface area contributed by atoms with E-state index in [1.807, 2.05) is 19.1 Å². The van der Waals surface area contributed by atoms with E-state index in [9.17, 15) is 0 Å². The Morgan fingerprint density at radius 3 is 2.83 bits per heavy atom. The van der Waals surface area contributed by atoms with Gasteiger partial charge in [0.15, 0.2) is 5.96 Å². The minimum absolute atomic E-state index is 0.528. The van der Waals surface area contributed by atoms with Crippen molar-refractivity contribution in [2.75, 3.05) is 20.2 Å². The first-order valence-electron chi connectivity index (χ1n) is 7.91. The summed E-state index contributed by atoms with van der Waals surface area (Å²) in [4.78, 5) is 4.51. The van der Waals surface area contributed by atoms with Crippen LogP contribution in [0.2, 0.25) is 0 Å². The molecule has 1 aromatic carbocycles. The lowest BCUT2D eigenvalue weighted by Gasteiger charge is -2.12. The molecule has 1 heterocycles. The number of aryl methyl sites for hydroxylation is 1. The predicted octanol–water partition coefficient (Wildman–Crippen LogP) is 2.89. The van der Waals surface area contributed by atoms with Gasteiger partial charge >= 0.3 is 0 Å². The summed E-state index contributed by atoms with van der Waals surface area (Å²) in [7, 11) is 1.70. The zero-order chi connectivity index (χ0) is 16.5. The van der Waals surface area contributed by atoms with Crippen molar-refractivity contribution in [3.8, 4) is 5.75 Å². The number of guanidine groups is 1. The van der Waals surface area contributed by atoms with Gasteiger partial charge in [0.25, 0.3) is 0 Å². The molecule has 23 heavy (non-hydrogen) atoms. The molecular formula is C18H25N3O2. The highest BCUT2D eigenvalue weighted by atomic mass is 16.5. The molecule has 5 heteroatoms. The molecule has 2 rings (SSSR count). The van der Waals surface area contributed by atoms with Crippen LogP contribution < -0.4 is 15.4 Å². The van der Waals surface area contributed by atoms with Gasteiger partial charge in [0.05, 0.1) is 13.4 Å². The number of benzene rings is 1. The highest BCUT2D eigenvalue weighted by molar-refractivity contribution is 5.79. The Kier molecular flexibility index (Phi) is 6.54. The van der Waals surface area contributed by atoms with Crippen molar-refractivity contribution in [1.82, 2.24) is 10.6 Å². The zero-order valence-electron chi connectivity index (χ0n) is 14.1. The average molecular weight is 315 g/mol. The fourth-order valence-corrected chi connectivity index (χ4v) is 2.25. The summed E-state index contributed by atoms with van der Waals surface area (Å²) >= 11 is 0. The number of nitrogens with zero attached hydrogens (tertiary/aromatic N) is 1. The smallest absolute Gasteiger partial charge is 0.191 e. The van der Waals surface area contributed by atoms with Gasteiger partial charge in [0.2, 0.25) is 0 Å². The van der Waals surface area contributed by atoms with Gasteiger partial charge in [-0.2, -0.15) is 0 Å². The van der Waals surface area contributed by atoms with E-state index < -0.39 is 0 Å². The van der Waals surface area contributed by atoms with Crippen LogP contribution in [0.15, 0.2) is 46.0 Å². The molecule has 0 unspecified atom stereocenters. The number of methoxy groups -OCH3 is 1. The SMILES string of the molecule is CCNC(=NCc1ccco1)NCCc1ccc(C)c(OC)c1. The molecule has 0 bridgehead atoms. The largest absolute Gasteiger partial charge is 0.496 e. The minimum Gasteiger partial charge on any atom is -0.496 e. The van der Waals surface area contributed by atoms with Crippen LogP contribution in [0.1, 0.15) is 23.8 Å². The molecule has 0 saturated heterocycles. The Morgan fingerprint density at radius 1 is 1.26 bits per heavy atom. The molecule has 0 amide bonds. The quantitative estimate of drug-likeness (QED) is 0.609. The minimum atomic E-state index is 0.528. The van der Waals surface area contributed by atoms with Crippen molar-refractivity contribution >= 4 is 5.96 Å². The third kappa shape index (κ3) is 5.36. The molecule has 0 aliphatic heterocycles. The molecule has 0 radical (unpaired) electrons. The number of furan rings is 1. The van der Waals surface area contributed by atoms with Gasteiger partial charge in [-0.05, 0) is 49.6 Å². The average Bonchev–Trinajstić information content (AvgIpc) is 3.07. The maximum atomic E-state index is 5.36. The number of aliphatic imine (C=N–C) groups is 1. The van der Waals surface area contributed by atoms with Crippen LogP contribution in [0.5, 0.6) is 5.75 Å². The number of hydrogen-bond acceptors (Lipinski definition) is 3. The van der Waals surface area contributed by atoms with Crippen molar-refractivity contribution in [1.29, 1.82) is 0 Å². The summed E-state index contributed by atoms with van der Waals surface area (Å²) in [6, 6.07) is 10.1. The van der Waals surface area contributed by atoms with Crippen LogP contribution >= 0.6 is 0 Å². The second-order valence-electron chi connectivity index (χ2n) is 5.26. The van der Waals surface area contributed by atoms with Crippen molar-refractivity contribution in [3.63, 3.8) is 0 Å². The molecule has 0 spiro atoms. The molecular weight excluding hydrogens is 290 g/mol. The predicted molar refractivity (Wildman–Crippen MR) is 93.0 cm³/mol. The highest BCUT2D eigenvalue weighted by Crippen LogP contribution is 2.18. The maximum absolute atomic E-state index is 5.36. The Morgan fingerprint density at radius 2 is 2.13 bits per heavy atom. The lowest BCUT2D eigenvalue weighted by Crippen LogP contribution is -2.38. The molecule has 2 aromatic rings. The first-order valence-corrected chi connectivity index (χ1v) is 7.91. The Labute approximate surface area is 137 Å². The summed E-state index contributed by atoms with van der Waals surface area (Å²) in [6.07, 6.45) is 2.57. The van der Waals surface area contributed by atoms with Gasteiger partial charge in [-0.15, -0.1) is 0 Å². The fourth-order valence-electron chi connectivity index (χ4n) is 2.25. The molecule has 1 aromatic heterocycles. The van der Waals surface area contributed by atoms with Crippen LogP contribution in [-0.4, -0.2) is 26.2 Å². The van der Waals surface area contributed by atoms with E-state index in [4.69, 9.17) is 9.15 Å². The first-order chi connectivity index (χ1) is 11.2. The van der Waals surface area contributed by atoms with Crippen LogP contribution in [-0.2, 0) is 13.0 Å². The summed E-state index contributed by atoms with van der Waals surface area (Å²) in [5, 5.41) is 6.58. The van der Waals surface area contributed by atoms with Gasteiger partial charge in [0.1, 0.15) is 18.1 Å². The molecule has 0 saturated carbocycles. The monoisotopic (exact) mass is 315 g/mol. The lowest BCUT2D eigenvalue weighted by atomic mass is 10.1. The van der Waals surface area contributed by atoms with Gasteiger partial charge in [-0.3, -0.25) is 0 Å². The second kappa shape index (κ2) is 8.88. The van der Waals surface area contributed by atoms with Crippen molar-refractivity contribution in [3.05, 3.63) is 53.5 Å². The van der Waals surface area contributed by atoms with Crippen LogP contribution in [0, 0.1) is 6.92 Å². The van der Waals surface area contributed by atoms with Crippen molar-refractivity contribution in [2.24, 2.45) is 4.99 Å². The second-order valence-corrected chi connectivity index (χ2v) is 5.26. The third-order valence-electron chi connectivity index (χ3n) is 3.50. The molecule has 0 atom stereocenters.